The van der Waals surface area contributed by atoms with Gasteiger partial charge in [0.05, 0.1) is 0 Å². The fourth-order valence-corrected chi connectivity index (χ4v) is 2.93. The van der Waals surface area contributed by atoms with Crippen LogP contribution in [0.25, 0.3) is 0 Å². The molecule has 2 aromatic carbocycles. The van der Waals surface area contributed by atoms with Crippen molar-refractivity contribution in [1.29, 1.82) is 0 Å². The number of aryl methyl sites for hydroxylation is 2. The van der Waals surface area contributed by atoms with Crippen molar-refractivity contribution in [2.75, 3.05) is 0 Å². The lowest BCUT2D eigenvalue weighted by Crippen LogP contribution is -2.09. The van der Waals surface area contributed by atoms with E-state index in [2.05, 4.69) is 56.3 Å². The Morgan fingerprint density at radius 1 is 1.00 bits per heavy atom. The number of hydrogen-bond acceptors (Lipinski definition) is 1. The number of benzene rings is 2. The zero-order valence-corrected chi connectivity index (χ0v) is 12.3. The smallest absolute Gasteiger partial charge is 0.104 e. The zero-order valence-electron chi connectivity index (χ0n) is 12.3. The summed E-state index contributed by atoms with van der Waals surface area (Å²) in [5.41, 5.74) is 5.76. The van der Waals surface area contributed by atoms with Gasteiger partial charge in [0.15, 0.2) is 0 Å². The lowest BCUT2D eigenvalue weighted by atomic mass is 9.79. The molecule has 1 saturated carbocycles. The van der Waals surface area contributed by atoms with Gasteiger partial charge in [-0.05, 0) is 54.9 Å². The van der Waals surface area contributed by atoms with Crippen molar-refractivity contribution in [2.45, 2.75) is 45.1 Å². The third-order valence-corrected chi connectivity index (χ3v) is 4.56. The summed E-state index contributed by atoms with van der Waals surface area (Å²) in [6, 6.07) is 14.8. The molecular weight excluding hydrogens is 244 g/mol. The van der Waals surface area contributed by atoms with Gasteiger partial charge < -0.3 is 5.11 Å². The van der Waals surface area contributed by atoms with Gasteiger partial charge in [0.1, 0.15) is 6.10 Å². The quantitative estimate of drug-likeness (QED) is 0.857. The second-order valence-electron chi connectivity index (χ2n) is 6.06. The van der Waals surface area contributed by atoms with Crippen molar-refractivity contribution in [3.05, 3.63) is 70.3 Å². The third-order valence-electron chi connectivity index (χ3n) is 4.56. The van der Waals surface area contributed by atoms with E-state index in [0.717, 1.165) is 22.6 Å². The highest BCUT2D eigenvalue weighted by atomic mass is 16.3. The van der Waals surface area contributed by atoms with Crippen molar-refractivity contribution >= 4 is 0 Å². The summed E-state index contributed by atoms with van der Waals surface area (Å²) in [5, 5.41) is 10.6. The van der Waals surface area contributed by atoms with Gasteiger partial charge in [0, 0.05) is 0 Å². The van der Waals surface area contributed by atoms with E-state index in [-0.39, 0.29) is 0 Å². The summed E-state index contributed by atoms with van der Waals surface area (Å²) >= 11 is 0. The molecule has 1 nitrogen and oxygen atoms in total. The van der Waals surface area contributed by atoms with Crippen LogP contribution in [-0.4, -0.2) is 5.11 Å². The number of aliphatic hydroxyl groups is 1. The van der Waals surface area contributed by atoms with Gasteiger partial charge in [-0.2, -0.15) is 0 Å². The standard InChI is InChI=1S/C19H22O/c1-13-6-7-14(2)18(12-13)19(20)17-10-8-16(9-11-17)15-4-3-5-15/h6-12,15,19-20H,3-5H2,1-2H3. The summed E-state index contributed by atoms with van der Waals surface area (Å²) in [6.07, 6.45) is 3.47. The molecule has 0 amide bonds. The molecule has 20 heavy (non-hydrogen) atoms. The fraction of sp³-hybridized carbons (Fsp3) is 0.368. The van der Waals surface area contributed by atoms with Crippen molar-refractivity contribution in [2.24, 2.45) is 0 Å². The van der Waals surface area contributed by atoms with E-state index in [4.69, 9.17) is 0 Å². The molecule has 0 radical (unpaired) electrons. The lowest BCUT2D eigenvalue weighted by molar-refractivity contribution is 0.219. The summed E-state index contributed by atoms with van der Waals surface area (Å²) in [7, 11) is 0. The summed E-state index contributed by atoms with van der Waals surface area (Å²) in [4.78, 5) is 0. The normalized spacial score (nSPS) is 16.8. The first-order valence-electron chi connectivity index (χ1n) is 7.50. The lowest BCUT2D eigenvalue weighted by Gasteiger charge is -2.26. The molecule has 2 aromatic rings. The molecule has 0 aliphatic heterocycles. The van der Waals surface area contributed by atoms with E-state index in [1.54, 1.807) is 0 Å². The van der Waals surface area contributed by atoms with Crippen LogP contribution in [0.4, 0.5) is 0 Å². The Bertz CT molecular complexity index is 594. The SMILES string of the molecule is Cc1ccc(C)c(C(O)c2ccc(C3CCC3)cc2)c1. The van der Waals surface area contributed by atoms with Gasteiger partial charge in [-0.1, -0.05) is 54.4 Å². The first-order valence-corrected chi connectivity index (χ1v) is 7.50. The first-order chi connectivity index (χ1) is 9.65. The van der Waals surface area contributed by atoms with Gasteiger partial charge in [-0.3, -0.25) is 0 Å². The van der Waals surface area contributed by atoms with E-state index in [0.29, 0.717) is 0 Å². The highest BCUT2D eigenvalue weighted by Crippen LogP contribution is 2.37. The van der Waals surface area contributed by atoms with E-state index in [1.165, 1.54) is 30.4 Å². The van der Waals surface area contributed by atoms with E-state index >= 15 is 0 Å². The van der Waals surface area contributed by atoms with Gasteiger partial charge >= 0.3 is 0 Å². The average molecular weight is 266 g/mol. The predicted octanol–water partition coefficient (Wildman–Crippen LogP) is 4.65. The van der Waals surface area contributed by atoms with E-state index < -0.39 is 6.10 Å². The van der Waals surface area contributed by atoms with Crippen molar-refractivity contribution < 1.29 is 5.11 Å². The molecule has 1 heteroatoms. The highest BCUT2D eigenvalue weighted by Gasteiger charge is 2.20. The van der Waals surface area contributed by atoms with Crippen LogP contribution in [0, 0.1) is 13.8 Å². The molecule has 104 valence electrons. The van der Waals surface area contributed by atoms with Crippen LogP contribution in [-0.2, 0) is 0 Å². The van der Waals surface area contributed by atoms with Crippen LogP contribution < -0.4 is 0 Å². The zero-order chi connectivity index (χ0) is 14.1. The molecule has 0 bridgehead atoms. The molecule has 0 aromatic heterocycles. The maximum atomic E-state index is 10.6. The highest BCUT2D eigenvalue weighted by molar-refractivity contribution is 5.39. The molecule has 1 aliphatic carbocycles. The molecule has 3 rings (SSSR count). The summed E-state index contributed by atoms with van der Waals surface area (Å²) < 4.78 is 0. The molecule has 1 N–H and O–H groups in total. The van der Waals surface area contributed by atoms with Crippen LogP contribution in [0.5, 0.6) is 0 Å². The van der Waals surface area contributed by atoms with E-state index in [9.17, 15) is 5.11 Å². The molecule has 1 aliphatic rings. The topological polar surface area (TPSA) is 20.2 Å². The minimum atomic E-state index is -0.523. The largest absolute Gasteiger partial charge is 0.384 e. The van der Waals surface area contributed by atoms with Gasteiger partial charge in [-0.25, -0.2) is 0 Å². The maximum absolute atomic E-state index is 10.6. The second-order valence-corrected chi connectivity index (χ2v) is 6.06. The molecule has 0 saturated heterocycles. The molecule has 1 fully saturated rings. The van der Waals surface area contributed by atoms with Crippen LogP contribution in [0.15, 0.2) is 42.5 Å². The average Bonchev–Trinajstić information content (AvgIpc) is 2.40. The predicted molar refractivity (Wildman–Crippen MR) is 83.0 cm³/mol. The molecule has 0 spiro atoms. The number of rotatable bonds is 3. The van der Waals surface area contributed by atoms with Crippen LogP contribution in [0.3, 0.4) is 0 Å². The Kier molecular flexibility index (Phi) is 3.62. The van der Waals surface area contributed by atoms with Crippen LogP contribution in [0.1, 0.15) is 59.1 Å². The minimum Gasteiger partial charge on any atom is -0.384 e. The maximum Gasteiger partial charge on any atom is 0.104 e. The van der Waals surface area contributed by atoms with E-state index in [1.807, 2.05) is 0 Å². The van der Waals surface area contributed by atoms with Gasteiger partial charge in [0.2, 0.25) is 0 Å². The molecule has 1 atom stereocenters. The second kappa shape index (κ2) is 5.41. The van der Waals surface area contributed by atoms with Crippen LogP contribution >= 0.6 is 0 Å². The third kappa shape index (κ3) is 2.51. The van der Waals surface area contributed by atoms with Crippen molar-refractivity contribution in [3.63, 3.8) is 0 Å². The number of aliphatic hydroxyl groups excluding tert-OH is 1. The molecular formula is C19H22O. The monoisotopic (exact) mass is 266 g/mol. The summed E-state index contributed by atoms with van der Waals surface area (Å²) in [6.45, 7) is 4.12. The Morgan fingerprint density at radius 3 is 2.30 bits per heavy atom. The van der Waals surface area contributed by atoms with Crippen LogP contribution in [0.2, 0.25) is 0 Å². The minimum absolute atomic E-state index is 0.523. The molecule has 1 unspecified atom stereocenters. The first kappa shape index (κ1) is 13.4. The van der Waals surface area contributed by atoms with Gasteiger partial charge in [-0.15, -0.1) is 0 Å². The van der Waals surface area contributed by atoms with Crippen molar-refractivity contribution in [1.82, 2.24) is 0 Å². The fourth-order valence-electron chi connectivity index (χ4n) is 2.93. The molecule has 0 heterocycles. The van der Waals surface area contributed by atoms with Gasteiger partial charge in [0.25, 0.3) is 0 Å². The number of hydrogen-bond donors (Lipinski definition) is 1. The Balaban J connectivity index is 1.85. The summed E-state index contributed by atoms with van der Waals surface area (Å²) in [5.74, 6) is 0.752. The Hall–Kier alpha value is -1.60. The Labute approximate surface area is 121 Å². The van der Waals surface area contributed by atoms with Crippen molar-refractivity contribution in [3.8, 4) is 0 Å². The Morgan fingerprint density at radius 2 is 1.70 bits per heavy atom.